The van der Waals surface area contributed by atoms with Gasteiger partial charge in [-0.05, 0) is 17.7 Å². The molecule has 0 amide bonds. The number of nitrogen functional groups attached to an aromatic ring is 1. The standard InChI is InChI=1S/C5H5ClN2.H3O4P/c6-5-4(7)2-1-3-8-5;1-5(2,3)4/h1-3H,7H2;(H3,1,2,3,4). The van der Waals surface area contributed by atoms with E-state index in [1.54, 1.807) is 18.3 Å². The lowest BCUT2D eigenvalue weighted by molar-refractivity contribution is -0.374. The second-order valence-electron chi connectivity index (χ2n) is 1.93. The van der Waals surface area contributed by atoms with Crippen molar-refractivity contribution in [1.82, 2.24) is 0 Å². The van der Waals surface area contributed by atoms with Crippen molar-refractivity contribution in [2.45, 2.75) is 0 Å². The lowest BCUT2D eigenvalue weighted by atomic mass is 10.4. The number of halogens is 1. The minimum atomic E-state index is -4.89. The number of nitrogens with one attached hydrogen (secondary N) is 1. The minimum Gasteiger partial charge on any atom is -0.756 e. The monoisotopic (exact) mass is 226 g/mol. The van der Waals surface area contributed by atoms with E-state index in [2.05, 4.69) is 4.98 Å². The fourth-order valence-electron chi connectivity index (χ4n) is 0.430. The maximum Gasteiger partial charge on any atom is 0.296 e. The molecule has 5 N–H and O–H groups in total. The van der Waals surface area contributed by atoms with E-state index in [9.17, 15) is 0 Å². The summed E-state index contributed by atoms with van der Waals surface area (Å²) in [7, 11) is -4.89. The van der Waals surface area contributed by atoms with Gasteiger partial charge in [-0.1, -0.05) is 0 Å². The van der Waals surface area contributed by atoms with Crippen LogP contribution in [0.15, 0.2) is 18.3 Å². The number of nitrogens with two attached hydrogens (primary N) is 1. The van der Waals surface area contributed by atoms with Crippen LogP contribution in [0, 0.1) is 0 Å². The summed E-state index contributed by atoms with van der Waals surface area (Å²) in [5.41, 5.74) is 5.93. The summed E-state index contributed by atoms with van der Waals surface area (Å²) in [5.74, 6) is 0. The molecule has 13 heavy (non-hydrogen) atoms. The highest BCUT2D eigenvalue weighted by molar-refractivity contribution is 7.43. The summed E-state index contributed by atoms with van der Waals surface area (Å²) in [6, 6.07) is 3.53. The Balaban J connectivity index is 0.000000252. The molecule has 0 aliphatic rings. The van der Waals surface area contributed by atoms with Gasteiger partial charge in [0.25, 0.3) is 13.0 Å². The third-order valence-corrected chi connectivity index (χ3v) is 1.16. The van der Waals surface area contributed by atoms with E-state index in [0.717, 1.165) is 0 Å². The molecule has 1 aromatic rings. The lowest BCUT2D eigenvalue weighted by Gasteiger charge is -2.01. The zero-order valence-corrected chi connectivity index (χ0v) is 8.00. The van der Waals surface area contributed by atoms with E-state index in [1.807, 2.05) is 0 Å². The van der Waals surface area contributed by atoms with Gasteiger partial charge in [0.1, 0.15) is 5.69 Å². The third-order valence-electron chi connectivity index (χ3n) is 0.836. The molecular formula is C5H8ClN2O4P. The van der Waals surface area contributed by atoms with Crippen LogP contribution in [-0.4, -0.2) is 9.79 Å². The molecule has 0 saturated heterocycles. The van der Waals surface area contributed by atoms with Gasteiger partial charge >= 0.3 is 0 Å². The second-order valence-corrected chi connectivity index (χ2v) is 3.29. The molecule has 0 bridgehead atoms. The maximum absolute atomic E-state index is 8.77. The predicted molar refractivity (Wildman–Crippen MR) is 44.5 cm³/mol. The smallest absolute Gasteiger partial charge is 0.296 e. The first-order valence-electron chi connectivity index (χ1n) is 2.99. The number of phosphoric acid groups is 1. The average molecular weight is 227 g/mol. The molecule has 74 valence electrons. The van der Waals surface area contributed by atoms with Gasteiger partial charge in [-0.15, -0.1) is 0 Å². The molecule has 8 heteroatoms. The molecule has 1 heterocycles. The van der Waals surface area contributed by atoms with Crippen molar-refractivity contribution in [3.63, 3.8) is 0 Å². The first-order chi connectivity index (χ1) is 5.80. The van der Waals surface area contributed by atoms with Crippen molar-refractivity contribution >= 4 is 25.1 Å². The fraction of sp³-hybridized carbons (Fsp3) is 0. The number of hydrogen-bond acceptors (Lipinski definition) is 3. The van der Waals surface area contributed by atoms with Crippen LogP contribution in [-0.2, 0) is 4.57 Å². The lowest BCUT2D eigenvalue weighted by Crippen LogP contribution is -2.04. The van der Waals surface area contributed by atoms with Gasteiger partial charge in [0.2, 0.25) is 0 Å². The molecule has 1 rings (SSSR count). The Kier molecular flexibility index (Phi) is 4.90. The molecule has 0 radical (unpaired) electrons. The van der Waals surface area contributed by atoms with Crippen LogP contribution in [0.1, 0.15) is 0 Å². The van der Waals surface area contributed by atoms with Crippen molar-refractivity contribution in [1.29, 1.82) is 0 Å². The van der Waals surface area contributed by atoms with Gasteiger partial charge in [-0.25, -0.2) is 0 Å². The quantitative estimate of drug-likeness (QED) is 0.394. The first-order valence-corrected chi connectivity index (χ1v) is 4.90. The van der Waals surface area contributed by atoms with Crippen molar-refractivity contribution in [3.8, 4) is 0 Å². The van der Waals surface area contributed by atoms with Crippen LogP contribution in [0.2, 0.25) is 5.15 Å². The van der Waals surface area contributed by atoms with E-state index >= 15 is 0 Å². The molecule has 0 aliphatic heterocycles. The first kappa shape index (κ1) is 12.3. The van der Waals surface area contributed by atoms with Gasteiger partial charge in [0, 0.05) is 6.07 Å². The number of H-pyrrole nitrogens is 1. The summed E-state index contributed by atoms with van der Waals surface area (Å²) >= 11 is 5.53. The SMILES string of the molecule is Nc1ccc[nH+]c1Cl.O=P([O-])(O)O. The molecule has 1 aromatic heterocycles. The van der Waals surface area contributed by atoms with Gasteiger partial charge < -0.3 is 20.4 Å². The van der Waals surface area contributed by atoms with E-state index in [4.69, 9.17) is 36.6 Å². The Morgan fingerprint density at radius 3 is 2.31 bits per heavy atom. The van der Waals surface area contributed by atoms with Gasteiger partial charge in [0.15, 0.2) is 6.20 Å². The van der Waals surface area contributed by atoms with E-state index in [1.165, 1.54) is 0 Å². The van der Waals surface area contributed by atoms with Crippen LogP contribution in [0.5, 0.6) is 0 Å². The molecule has 0 aliphatic carbocycles. The number of aromatic amines is 1. The molecular weight excluding hydrogens is 218 g/mol. The van der Waals surface area contributed by atoms with Gasteiger partial charge in [0.05, 0.1) is 0 Å². The Labute approximate surface area is 79.2 Å². The number of hydrogen-bond donors (Lipinski definition) is 3. The minimum absolute atomic E-state index is 0.493. The Bertz CT molecular complexity index is 286. The van der Waals surface area contributed by atoms with Crippen molar-refractivity contribution in [2.24, 2.45) is 0 Å². The Morgan fingerprint density at radius 1 is 1.62 bits per heavy atom. The highest BCUT2D eigenvalue weighted by Gasteiger charge is 1.96. The average Bonchev–Trinajstić information content (AvgIpc) is 1.92. The zero-order chi connectivity index (χ0) is 10.5. The summed E-state index contributed by atoms with van der Waals surface area (Å²) < 4.78 is 8.77. The third kappa shape index (κ3) is 9.26. The van der Waals surface area contributed by atoms with Gasteiger partial charge in [-0.3, -0.25) is 4.57 Å². The van der Waals surface area contributed by atoms with E-state index < -0.39 is 7.82 Å². The predicted octanol–water partition coefficient (Wildman–Crippen LogP) is -0.824. The Hall–Kier alpha value is -0.650. The van der Waals surface area contributed by atoms with Crippen LogP contribution in [0.4, 0.5) is 5.69 Å². The van der Waals surface area contributed by atoms with Crippen molar-refractivity contribution in [2.75, 3.05) is 5.73 Å². The molecule has 6 nitrogen and oxygen atoms in total. The van der Waals surface area contributed by atoms with Crippen LogP contribution in [0.25, 0.3) is 0 Å². The van der Waals surface area contributed by atoms with Crippen molar-refractivity contribution < 1.29 is 24.2 Å². The highest BCUT2D eigenvalue weighted by Crippen LogP contribution is 2.18. The van der Waals surface area contributed by atoms with E-state index in [-0.39, 0.29) is 0 Å². The largest absolute Gasteiger partial charge is 0.756 e. The van der Waals surface area contributed by atoms with E-state index in [0.29, 0.717) is 10.8 Å². The summed E-state index contributed by atoms with van der Waals surface area (Å²) in [5, 5.41) is 0.493. The number of anilines is 1. The van der Waals surface area contributed by atoms with Gasteiger partial charge in [-0.2, -0.15) is 4.98 Å². The number of rotatable bonds is 0. The second kappa shape index (κ2) is 5.16. The normalized spacial score (nSPS) is 10.2. The zero-order valence-electron chi connectivity index (χ0n) is 6.35. The molecule has 0 spiro atoms. The Morgan fingerprint density at radius 2 is 2.08 bits per heavy atom. The number of aromatic nitrogens is 1. The summed E-state index contributed by atoms with van der Waals surface area (Å²) in [6.45, 7) is 0. The maximum atomic E-state index is 8.77. The fourth-order valence-corrected chi connectivity index (χ4v) is 0.556. The molecule has 0 unspecified atom stereocenters. The topological polar surface area (TPSA) is 121 Å². The highest BCUT2D eigenvalue weighted by atomic mass is 35.5. The molecule has 0 fully saturated rings. The molecule has 0 atom stereocenters. The summed E-state index contributed by atoms with van der Waals surface area (Å²) in [6.07, 6.45) is 1.72. The van der Waals surface area contributed by atoms with Crippen LogP contribution in [0.3, 0.4) is 0 Å². The van der Waals surface area contributed by atoms with Crippen molar-refractivity contribution in [3.05, 3.63) is 23.5 Å². The summed E-state index contributed by atoms with van der Waals surface area (Å²) in [4.78, 5) is 25.7. The number of pyridine rings is 1. The molecule has 0 saturated carbocycles. The van der Waals surface area contributed by atoms with Crippen LogP contribution < -0.4 is 15.6 Å². The van der Waals surface area contributed by atoms with Crippen LogP contribution >= 0.6 is 19.4 Å². The molecule has 0 aromatic carbocycles.